The van der Waals surface area contributed by atoms with E-state index < -0.39 is 0 Å². The lowest BCUT2D eigenvalue weighted by atomic mass is 10.3. The van der Waals surface area contributed by atoms with Crippen molar-refractivity contribution in [2.24, 2.45) is 0 Å². The first kappa shape index (κ1) is 7.89. The van der Waals surface area contributed by atoms with Crippen molar-refractivity contribution in [3.05, 3.63) is 21.3 Å². The molecule has 1 aromatic rings. The molecule has 1 saturated heterocycles. The molecule has 2 rings (SSSR count). The SMILES string of the molecule is O=C1N[C@@H](c2sccc2Cl)CO1. The van der Waals surface area contributed by atoms with E-state index in [1.54, 1.807) is 0 Å². The normalized spacial score (nSPS) is 22.1. The predicted octanol–water partition coefficient (Wildman–Crippen LogP) is 2.18. The van der Waals surface area contributed by atoms with E-state index in [2.05, 4.69) is 5.32 Å². The Balaban J connectivity index is 2.21. The molecule has 3 nitrogen and oxygen atoms in total. The van der Waals surface area contributed by atoms with Crippen LogP contribution in [-0.2, 0) is 4.74 Å². The summed E-state index contributed by atoms with van der Waals surface area (Å²) in [7, 11) is 0. The molecule has 0 saturated carbocycles. The lowest BCUT2D eigenvalue weighted by molar-refractivity contribution is 0.177. The minimum absolute atomic E-state index is 0.0648. The zero-order valence-corrected chi connectivity index (χ0v) is 7.61. The Bertz CT molecular complexity index is 312. The van der Waals surface area contributed by atoms with E-state index in [1.165, 1.54) is 11.3 Å². The Hall–Kier alpha value is -0.740. The number of ether oxygens (including phenoxy) is 1. The third-order valence-electron chi connectivity index (χ3n) is 1.63. The first-order valence-corrected chi connectivity index (χ1v) is 4.69. The highest BCUT2D eigenvalue weighted by molar-refractivity contribution is 7.10. The van der Waals surface area contributed by atoms with Gasteiger partial charge in [0, 0.05) is 4.88 Å². The molecule has 1 aliphatic rings. The zero-order chi connectivity index (χ0) is 8.55. The fourth-order valence-electron chi connectivity index (χ4n) is 1.08. The number of carbonyl (C=O) groups excluding carboxylic acids is 1. The number of amides is 1. The van der Waals surface area contributed by atoms with Gasteiger partial charge in [-0.15, -0.1) is 11.3 Å². The monoisotopic (exact) mass is 203 g/mol. The molecule has 1 amide bonds. The van der Waals surface area contributed by atoms with Crippen LogP contribution in [0.25, 0.3) is 0 Å². The van der Waals surface area contributed by atoms with Gasteiger partial charge < -0.3 is 10.1 Å². The number of halogens is 1. The van der Waals surface area contributed by atoms with E-state index in [0.717, 1.165) is 4.88 Å². The van der Waals surface area contributed by atoms with Crippen LogP contribution in [0.3, 0.4) is 0 Å². The zero-order valence-electron chi connectivity index (χ0n) is 6.04. The quantitative estimate of drug-likeness (QED) is 0.760. The topological polar surface area (TPSA) is 38.3 Å². The third kappa shape index (κ3) is 1.28. The summed E-state index contributed by atoms with van der Waals surface area (Å²) in [5.74, 6) is 0. The Morgan fingerprint density at radius 2 is 2.58 bits per heavy atom. The molecule has 0 unspecified atom stereocenters. The van der Waals surface area contributed by atoms with Gasteiger partial charge in [0.1, 0.15) is 12.6 Å². The molecular formula is C7H6ClNO2S. The van der Waals surface area contributed by atoms with Gasteiger partial charge in [0.2, 0.25) is 0 Å². The number of alkyl carbamates (subject to hydrolysis) is 1. The van der Waals surface area contributed by atoms with E-state index in [4.69, 9.17) is 16.3 Å². The number of cyclic esters (lactones) is 1. The molecule has 64 valence electrons. The van der Waals surface area contributed by atoms with Crippen LogP contribution in [0.5, 0.6) is 0 Å². The van der Waals surface area contributed by atoms with E-state index in [1.807, 2.05) is 11.4 Å². The summed E-state index contributed by atoms with van der Waals surface area (Å²) in [5.41, 5.74) is 0. The predicted molar refractivity (Wildman–Crippen MR) is 46.6 cm³/mol. The summed E-state index contributed by atoms with van der Waals surface area (Å²) in [5, 5.41) is 5.24. The maximum Gasteiger partial charge on any atom is 0.407 e. The van der Waals surface area contributed by atoms with Gasteiger partial charge in [-0.05, 0) is 11.4 Å². The average Bonchev–Trinajstić information content (AvgIpc) is 2.58. The number of rotatable bonds is 1. The van der Waals surface area contributed by atoms with E-state index in [-0.39, 0.29) is 12.1 Å². The fourth-order valence-corrected chi connectivity index (χ4v) is 2.31. The van der Waals surface area contributed by atoms with E-state index in [0.29, 0.717) is 11.6 Å². The van der Waals surface area contributed by atoms with Gasteiger partial charge in [0.15, 0.2) is 0 Å². The lowest BCUT2D eigenvalue weighted by Crippen LogP contribution is -2.17. The summed E-state index contributed by atoms with van der Waals surface area (Å²) >= 11 is 7.39. The third-order valence-corrected chi connectivity index (χ3v) is 3.11. The number of nitrogens with one attached hydrogen (secondary N) is 1. The minimum atomic E-state index is -0.371. The summed E-state index contributed by atoms with van der Waals surface area (Å²) in [6, 6.07) is 1.75. The van der Waals surface area contributed by atoms with Gasteiger partial charge in [-0.2, -0.15) is 0 Å². The smallest absolute Gasteiger partial charge is 0.407 e. The second-order valence-corrected chi connectivity index (χ2v) is 3.78. The van der Waals surface area contributed by atoms with Crippen LogP contribution in [0, 0.1) is 0 Å². The molecule has 2 heterocycles. The van der Waals surface area contributed by atoms with Gasteiger partial charge in [0.25, 0.3) is 0 Å². The van der Waals surface area contributed by atoms with Crippen molar-refractivity contribution in [3.8, 4) is 0 Å². The van der Waals surface area contributed by atoms with Gasteiger partial charge in [-0.1, -0.05) is 11.6 Å². The second-order valence-electron chi connectivity index (χ2n) is 2.43. The summed E-state index contributed by atoms with van der Waals surface area (Å²) in [6.07, 6.45) is -0.371. The molecule has 0 spiro atoms. The molecule has 1 aromatic heterocycles. The van der Waals surface area contributed by atoms with Crippen molar-refractivity contribution < 1.29 is 9.53 Å². The first-order chi connectivity index (χ1) is 5.77. The summed E-state index contributed by atoms with van der Waals surface area (Å²) < 4.78 is 4.74. The van der Waals surface area contributed by atoms with Gasteiger partial charge in [-0.3, -0.25) is 0 Å². The highest BCUT2D eigenvalue weighted by Crippen LogP contribution is 2.30. The fraction of sp³-hybridized carbons (Fsp3) is 0.286. The van der Waals surface area contributed by atoms with Crippen molar-refractivity contribution in [3.63, 3.8) is 0 Å². The maximum atomic E-state index is 10.7. The van der Waals surface area contributed by atoms with Crippen LogP contribution in [0.15, 0.2) is 11.4 Å². The standard InChI is InChI=1S/C7H6ClNO2S/c8-4-1-2-12-6(4)5-3-11-7(10)9-5/h1-2,5H,3H2,(H,9,10)/t5-/m1/s1. The van der Waals surface area contributed by atoms with Crippen molar-refractivity contribution >= 4 is 29.0 Å². The Kier molecular flexibility index (Phi) is 1.94. The Morgan fingerprint density at radius 3 is 3.08 bits per heavy atom. The molecule has 1 fully saturated rings. The summed E-state index contributed by atoms with van der Waals surface area (Å²) in [6.45, 7) is 0.374. The number of thiophene rings is 1. The van der Waals surface area contributed by atoms with Gasteiger partial charge in [0.05, 0.1) is 5.02 Å². The summed E-state index contributed by atoms with van der Waals surface area (Å²) in [4.78, 5) is 11.6. The largest absolute Gasteiger partial charge is 0.447 e. The molecule has 0 radical (unpaired) electrons. The molecular weight excluding hydrogens is 198 g/mol. The van der Waals surface area contributed by atoms with Crippen LogP contribution in [0.1, 0.15) is 10.9 Å². The second kappa shape index (κ2) is 2.95. The van der Waals surface area contributed by atoms with Gasteiger partial charge in [-0.25, -0.2) is 4.79 Å². The molecule has 0 bridgehead atoms. The highest BCUT2D eigenvalue weighted by Gasteiger charge is 2.26. The lowest BCUT2D eigenvalue weighted by Gasteiger charge is -2.03. The van der Waals surface area contributed by atoms with Crippen LogP contribution >= 0.6 is 22.9 Å². The molecule has 1 N–H and O–H groups in total. The Labute approximate surface area is 78.3 Å². The van der Waals surface area contributed by atoms with E-state index in [9.17, 15) is 4.79 Å². The van der Waals surface area contributed by atoms with Crippen LogP contribution in [0.4, 0.5) is 4.79 Å². The van der Waals surface area contributed by atoms with E-state index >= 15 is 0 Å². The molecule has 5 heteroatoms. The van der Waals surface area contributed by atoms with Crippen molar-refractivity contribution in [1.29, 1.82) is 0 Å². The number of hydrogen-bond acceptors (Lipinski definition) is 3. The van der Waals surface area contributed by atoms with Crippen LogP contribution in [0.2, 0.25) is 5.02 Å². The first-order valence-electron chi connectivity index (χ1n) is 3.43. The van der Waals surface area contributed by atoms with Gasteiger partial charge >= 0.3 is 6.09 Å². The number of hydrogen-bond donors (Lipinski definition) is 1. The molecule has 0 aromatic carbocycles. The average molecular weight is 204 g/mol. The van der Waals surface area contributed by atoms with Crippen LogP contribution < -0.4 is 5.32 Å². The maximum absolute atomic E-state index is 10.7. The minimum Gasteiger partial charge on any atom is -0.447 e. The van der Waals surface area contributed by atoms with Crippen molar-refractivity contribution in [2.75, 3.05) is 6.61 Å². The molecule has 1 atom stereocenters. The molecule has 0 aliphatic carbocycles. The highest BCUT2D eigenvalue weighted by atomic mass is 35.5. The molecule has 12 heavy (non-hydrogen) atoms. The van der Waals surface area contributed by atoms with Crippen LogP contribution in [-0.4, -0.2) is 12.7 Å². The number of carbonyl (C=O) groups is 1. The Morgan fingerprint density at radius 1 is 1.75 bits per heavy atom. The van der Waals surface area contributed by atoms with Crippen molar-refractivity contribution in [1.82, 2.24) is 5.32 Å². The molecule has 1 aliphatic heterocycles. The van der Waals surface area contributed by atoms with Crippen molar-refractivity contribution in [2.45, 2.75) is 6.04 Å².